The van der Waals surface area contributed by atoms with Crippen LogP contribution in [0.3, 0.4) is 0 Å². The molecular formula is C22H31FN2O2. The summed E-state index contributed by atoms with van der Waals surface area (Å²) in [5.41, 5.74) is 0.444. The van der Waals surface area contributed by atoms with Crippen LogP contribution in [-0.2, 0) is 15.0 Å². The molecule has 4 nitrogen and oxygen atoms in total. The molecule has 1 saturated carbocycles. The largest absolute Gasteiger partial charge is 0.356 e. The normalized spacial score (nSPS) is 19.4. The highest BCUT2D eigenvalue weighted by molar-refractivity contribution is 5.89. The van der Waals surface area contributed by atoms with Crippen LogP contribution in [0.4, 0.5) is 4.39 Å². The molecule has 1 heterocycles. The fraction of sp³-hybridized carbons (Fsp3) is 0.636. The molecule has 1 saturated heterocycles. The molecule has 2 fully saturated rings. The molecule has 0 atom stereocenters. The van der Waals surface area contributed by atoms with Gasteiger partial charge >= 0.3 is 0 Å². The Morgan fingerprint density at radius 3 is 2.37 bits per heavy atom. The van der Waals surface area contributed by atoms with Crippen molar-refractivity contribution in [1.82, 2.24) is 10.2 Å². The van der Waals surface area contributed by atoms with Crippen LogP contribution in [0, 0.1) is 11.7 Å². The van der Waals surface area contributed by atoms with Crippen molar-refractivity contribution in [3.8, 4) is 0 Å². The van der Waals surface area contributed by atoms with E-state index in [2.05, 4.69) is 12.2 Å². The fourth-order valence-corrected chi connectivity index (χ4v) is 4.30. The minimum Gasteiger partial charge on any atom is -0.356 e. The molecule has 0 bridgehead atoms. The van der Waals surface area contributed by atoms with Gasteiger partial charge in [-0.05, 0) is 49.8 Å². The third-order valence-corrected chi connectivity index (χ3v) is 6.25. The van der Waals surface area contributed by atoms with Crippen LogP contribution in [0.1, 0.15) is 63.9 Å². The van der Waals surface area contributed by atoms with Gasteiger partial charge in [0.2, 0.25) is 11.8 Å². The Labute approximate surface area is 161 Å². The Kier molecular flexibility index (Phi) is 6.51. The number of carbonyl (C=O) groups excluding carboxylic acids is 2. The molecule has 0 unspecified atom stereocenters. The number of benzene rings is 1. The van der Waals surface area contributed by atoms with E-state index in [9.17, 15) is 14.0 Å². The molecule has 27 heavy (non-hydrogen) atoms. The molecule has 2 amide bonds. The molecular weight excluding hydrogens is 343 g/mol. The van der Waals surface area contributed by atoms with E-state index in [1.54, 1.807) is 12.1 Å². The van der Waals surface area contributed by atoms with E-state index in [0.717, 1.165) is 63.5 Å². The summed E-state index contributed by atoms with van der Waals surface area (Å²) in [6.07, 6.45) is 7.45. The van der Waals surface area contributed by atoms with Crippen LogP contribution in [0.2, 0.25) is 0 Å². The zero-order chi connectivity index (χ0) is 19.3. The summed E-state index contributed by atoms with van der Waals surface area (Å²) in [5, 5.41) is 3.04. The quantitative estimate of drug-likeness (QED) is 0.738. The number of amides is 2. The maximum Gasteiger partial charge on any atom is 0.233 e. The monoisotopic (exact) mass is 374 g/mol. The van der Waals surface area contributed by atoms with E-state index in [4.69, 9.17) is 0 Å². The number of carbonyl (C=O) groups is 2. The summed E-state index contributed by atoms with van der Waals surface area (Å²) >= 11 is 0. The minimum absolute atomic E-state index is 0.0128. The number of unbranched alkanes of at least 4 members (excludes halogenated alkanes) is 2. The van der Waals surface area contributed by atoms with Gasteiger partial charge in [0.05, 0.1) is 5.41 Å². The Hall–Kier alpha value is -1.91. The molecule has 1 aliphatic carbocycles. The van der Waals surface area contributed by atoms with Gasteiger partial charge in [-0.3, -0.25) is 9.59 Å². The molecule has 1 aliphatic heterocycles. The second-order valence-corrected chi connectivity index (χ2v) is 8.01. The number of likely N-dealkylation sites (tertiary alicyclic amines) is 1. The Morgan fingerprint density at radius 2 is 1.81 bits per heavy atom. The molecule has 0 aromatic heterocycles. The number of halogens is 1. The van der Waals surface area contributed by atoms with Crippen molar-refractivity contribution in [2.45, 2.75) is 63.7 Å². The van der Waals surface area contributed by atoms with Crippen molar-refractivity contribution in [2.24, 2.45) is 5.92 Å². The number of piperidine rings is 1. The number of nitrogens with zero attached hydrogens (tertiary/aromatic N) is 1. The average Bonchev–Trinajstić information content (AvgIpc) is 2.65. The number of hydrogen-bond donors (Lipinski definition) is 1. The van der Waals surface area contributed by atoms with Gasteiger partial charge in [0.1, 0.15) is 5.82 Å². The van der Waals surface area contributed by atoms with Crippen LogP contribution < -0.4 is 5.32 Å². The van der Waals surface area contributed by atoms with E-state index >= 15 is 0 Å². The second-order valence-electron chi connectivity index (χ2n) is 8.01. The van der Waals surface area contributed by atoms with Gasteiger partial charge in [-0.2, -0.15) is 0 Å². The minimum atomic E-state index is -0.483. The number of rotatable bonds is 7. The van der Waals surface area contributed by atoms with Gasteiger partial charge in [0, 0.05) is 25.6 Å². The maximum absolute atomic E-state index is 13.3. The predicted molar refractivity (Wildman–Crippen MR) is 104 cm³/mol. The smallest absolute Gasteiger partial charge is 0.233 e. The highest BCUT2D eigenvalue weighted by Gasteiger charge is 2.48. The van der Waals surface area contributed by atoms with E-state index in [1.807, 2.05) is 4.90 Å². The van der Waals surface area contributed by atoms with Gasteiger partial charge in [-0.15, -0.1) is 0 Å². The lowest BCUT2D eigenvalue weighted by Crippen LogP contribution is -2.53. The van der Waals surface area contributed by atoms with Crippen molar-refractivity contribution >= 4 is 11.8 Å². The molecule has 1 N–H and O–H groups in total. The van der Waals surface area contributed by atoms with Gasteiger partial charge in [-0.25, -0.2) is 4.39 Å². The third kappa shape index (κ3) is 4.33. The van der Waals surface area contributed by atoms with Crippen molar-refractivity contribution in [1.29, 1.82) is 0 Å². The van der Waals surface area contributed by atoms with Gasteiger partial charge in [-0.1, -0.05) is 38.3 Å². The zero-order valence-corrected chi connectivity index (χ0v) is 16.3. The Balaban J connectivity index is 1.55. The topological polar surface area (TPSA) is 49.4 Å². The SMILES string of the molecule is CCCCCNC(=O)C1CCN(C(=O)C2(c3ccc(F)cc3)CCC2)CC1. The zero-order valence-electron chi connectivity index (χ0n) is 16.3. The Morgan fingerprint density at radius 1 is 1.15 bits per heavy atom. The van der Waals surface area contributed by atoms with E-state index in [-0.39, 0.29) is 23.5 Å². The first kappa shape index (κ1) is 19.8. The van der Waals surface area contributed by atoms with E-state index in [1.165, 1.54) is 12.1 Å². The molecule has 2 aliphatic rings. The van der Waals surface area contributed by atoms with E-state index < -0.39 is 5.41 Å². The first-order chi connectivity index (χ1) is 13.1. The summed E-state index contributed by atoms with van der Waals surface area (Å²) in [4.78, 5) is 27.5. The van der Waals surface area contributed by atoms with Gasteiger partial charge in [0.25, 0.3) is 0 Å². The molecule has 1 aromatic rings. The summed E-state index contributed by atoms with van der Waals surface area (Å²) in [5.74, 6) is 0.0301. The summed E-state index contributed by atoms with van der Waals surface area (Å²) < 4.78 is 13.3. The highest BCUT2D eigenvalue weighted by Crippen LogP contribution is 2.45. The van der Waals surface area contributed by atoms with Crippen LogP contribution in [0.15, 0.2) is 24.3 Å². The second kappa shape index (κ2) is 8.85. The van der Waals surface area contributed by atoms with Crippen LogP contribution in [-0.4, -0.2) is 36.3 Å². The number of hydrogen-bond acceptors (Lipinski definition) is 2. The highest BCUT2D eigenvalue weighted by atomic mass is 19.1. The van der Waals surface area contributed by atoms with Crippen molar-refractivity contribution < 1.29 is 14.0 Å². The van der Waals surface area contributed by atoms with Crippen LogP contribution >= 0.6 is 0 Å². The lowest BCUT2D eigenvalue weighted by Gasteiger charge is -2.45. The molecule has 1 aromatic carbocycles. The van der Waals surface area contributed by atoms with Gasteiger partial charge in [0.15, 0.2) is 0 Å². The van der Waals surface area contributed by atoms with Gasteiger partial charge < -0.3 is 10.2 Å². The van der Waals surface area contributed by atoms with Crippen molar-refractivity contribution in [3.05, 3.63) is 35.6 Å². The first-order valence-corrected chi connectivity index (χ1v) is 10.4. The predicted octanol–water partition coefficient (Wildman–Crippen LogP) is 3.79. The summed E-state index contributed by atoms with van der Waals surface area (Å²) in [7, 11) is 0. The molecule has 0 spiro atoms. The van der Waals surface area contributed by atoms with Crippen LogP contribution in [0.25, 0.3) is 0 Å². The Bertz CT molecular complexity index is 647. The molecule has 3 rings (SSSR count). The average molecular weight is 375 g/mol. The third-order valence-electron chi connectivity index (χ3n) is 6.25. The molecule has 148 valence electrons. The first-order valence-electron chi connectivity index (χ1n) is 10.4. The lowest BCUT2D eigenvalue weighted by atomic mass is 9.63. The fourth-order valence-electron chi connectivity index (χ4n) is 4.30. The lowest BCUT2D eigenvalue weighted by molar-refractivity contribution is -0.144. The van der Waals surface area contributed by atoms with Crippen LogP contribution in [0.5, 0.6) is 0 Å². The standard InChI is InChI=1S/C22H31FN2O2/c1-2-3-4-14-24-20(26)17-10-15-25(16-11-17)21(27)22(12-5-13-22)18-6-8-19(23)9-7-18/h6-9,17H,2-5,10-16H2,1H3,(H,24,26). The molecule has 0 radical (unpaired) electrons. The van der Waals surface area contributed by atoms with Crippen molar-refractivity contribution in [3.63, 3.8) is 0 Å². The summed E-state index contributed by atoms with van der Waals surface area (Å²) in [6, 6.07) is 6.39. The molecule has 5 heteroatoms. The maximum atomic E-state index is 13.3. The summed E-state index contributed by atoms with van der Waals surface area (Å²) in [6.45, 7) is 4.17. The van der Waals surface area contributed by atoms with Crippen molar-refractivity contribution in [2.75, 3.05) is 19.6 Å². The number of nitrogens with one attached hydrogen (secondary N) is 1. The van der Waals surface area contributed by atoms with E-state index in [0.29, 0.717) is 13.1 Å².